The molecule has 1 aromatic heterocycles. The Morgan fingerprint density at radius 2 is 2.04 bits per heavy atom. The zero-order valence-electron chi connectivity index (χ0n) is 15.2. The lowest BCUT2D eigenvalue weighted by atomic mass is 10.1. The van der Waals surface area contributed by atoms with E-state index in [4.69, 9.17) is 27.9 Å². The molecule has 1 heterocycles. The summed E-state index contributed by atoms with van der Waals surface area (Å²) in [5.74, 6) is 0.763. The van der Waals surface area contributed by atoms with Crippen LogP contribution in [0.1, 0.15) is 18.5 Å². The largest absolute Gasteiger partial charge is 0.495 e. The van der Waals surface area contributed by atoms with Crippen LogP contribution >= 0.6 is 35.0 Å². The number of amides is 1. The summed E-state index contributed by atoms with van der Waals surface area (Å²) < 4.78 is 7.18. The fourth-order valence-corrected chi connectivity index (χ4v) is 3.63. The molecule has 0 aliphatic heterocycles. The fourth-order valence-electron chi connectivity index (χ4n) is 2.60. The van der Waals surface area contributed by atoms with E-state index in [0.29, 0.717) is 21.0 Å². The van der Waals surface area contributed by atoms with Crippen LogP contribution in [0.4, 0.5) is 0 Å². The Hall–Kier alpha value is -2.22. The summed E-state index contributed by atoms with van der Waals surface area (Å²) in [4.78, 5) is 12.4. The minimum Gasteiger partial charge on any atom is -0.495 e. The van der Waals surface area contributed by atoms with E-state index >= 15 is 0 Å². The van der Waals surface area contributed by atoms with Gasteiger partial charge in [0.1, 0.15) is 12.1 Å². The lowest BCUT2D eigenvalue weighted by Gasteiger charge is -2.15. The van der Waals surface area contributed by atoms with Crippen LogP contribution in [0.2, 0.25) is 10.0 Å². The normalized spacial score (nSPS) is 11.9. The van der Waals surface area contributed by atoms with Gasteiger partial charge in [-0.05, 0) is 36.8 Å². The number of thioether (sulfide) groups is 1. The van der Waals surface area contributed by atoms with Gasteiger partial charge < -0.3 is 10.1 Å². The second-order valence-corrected chi connectivity index (χ2v) is 7.66. The zero-order chi connectivity index (χ0) is 20.1. The van der Waals surface area contributed by atoms with Gasteiger partial charge in [0.25, 0.3) is 0 Å². The zero-order valence-corrected chi connectivity index (χ0v) is 17.6. The number of benzene rings is 2. The van der Waals surface area contributed by atoms with E-state index in [1.165, 1.54) is 11.8 Å². The predicted molar refractivity (Wildman–Crippen MR) is 112 cm³/mol. The van der Waals surface area contributed by atoms with E-state index in [2.05, 4.69) is 15.5 Å². The third-order valence-corrected chi connectivity index (χ3v) is 5.70. The Labute approximate surface area is 177 Å². The number of carbonyl (C=O) groups is 1. The van der Waals surface area contributed by atoms with Gasteiger partial charge in [-0.25, -0.2) is 0 Å². The molecule has 0 bridgehead atoms. The molecule has 0 fully saturated rings. The molecule has 28 heavy (non-hydrogen) atoms. The third kappa shape index (κ3) is 4.79. The first-order valence-electron chi connectivity index (χ1n) is 8.40. The van der Waals surface area contributed by atoms with E-state index in [9.17, 15) is 4.79 Å². The van der Waals surface area contributed by atoms with Gasteiger partial charge in [0.2, 0.25) is 5.91 Å². The van der Waals surface area contributed by atoms with Crippen LogP contribution in [0.3, 0.4) is 0 Å². The van der Waals surface area contributed by atoms with Crippen LogP contribution < -0.4 is 10.1 Å². The number of hydrogen-bond donors (Lipinski definition) is 1. The Balaban J connectivity index is 1.64. The van der Waals surface area contributed by atoms with Crippen molar-refractivity contribution < 1.29 is 9.53 Å². The van der Waals surface area contributed by atoms with Crippen molar-refractivity contribution in [2.24, 2.45) is 0 Å². The number of nitrogens with zero attached hydrogens (tertiary/aromatic N) is 3. The van der Waals surface area contributed by atoms with Crippen molar-refractivity contribution in [3.05, 3.63) is 64.4 Å². The fraction of sp³-hybridized carbons (Fsp3) is 0.211. The first-order valence-corrected chi connectivity index (χ1v) is 10.1. The molecule has 0 aliphatic rings. The van der Waals surface area contributed by atoms with Crippen LogP contribution in [0.5, 0.6) is 5.75 Å². The third-order valence-electron chi connectivity index (χ3n) is 4.01. The number of rotatable bonds is 7. The van der Waals surface area contributed by atoms with Crippen molar-refractivity contribution >= 4 is 40.9 Å². The molecule has 1 N–H and O–H groups in total. The monoisotopic (exact) mass is 436 g/mol. The van der Waals surface area contributed by atoms with E-state index in [0.717, 1.165) is 11.3 Å². The highest BCUT2D eigenvalue weighted by Gasteiger charge is 2.15. The highest BCUT2D eigenvalue weighted by atomic mass is 35.5. The lowest BCUT2D eigenvalue weighted by molar-refractivity contribution is -0.119. The standard InChI is InChI=1S/C19H18Cl2N4O2S/c1-12(13-7-8-14(20)15(21)9-13)23-18(26)10-28-19-24-22-11-25(19)16-5-3-4-6-17(16)27-2/h3-9,11-12H,10H2,1-2H3,(H,23,26). The molecular weight excluding hydrogens is 419 g/mol. The lowest BCUT2D eigenvalue weighted by Crippen LogP contribution is -2.28. The van der Waals surface area contributed by atoms with Gasteiger partial charge >= 0.3 is 0 Å². The number of carbonyl (C=O) groups excluding carboxylic acids is 1. The molecule has 0 saturated carbocycles. The number of nitrogens with one attached hydrogen (secondary N) is 1. The molecule has 1 amide bonds. The Bertz CT molecular complexity index is 980. The van der Waals surface area contributed by atoms with Gasteiger partial charge in [0.05, 0.1) is 34.6 Å². The summed E-state index contributed by atoms with van der Waals surface area (Å²) in [6, 6.07) is 12.6. The second-order valence-electron chi connectivity index (χ2n) is 5.91. The highest BCUT2D eigenvalue weighted by molar-refractivity contribution is 7.99. The number of para-hydroxylation sites is 2. The molecule has 0 spiro atoms. The van der Waals surface area contributed by atoms with E-state index < -0.39 is 0 Å². The average Bonchev–Trinajstić information content (AvgIpc) is 3.16. The number of halogens is 2. The summed E-state index contributed by atoms with van der Waals surface area (Å²) in [5, 5.41) is 12.5. The number of aromatic nitrogens is 3. The molecule has 0 saturated heterocycles. The smallest absolute Gasteiger partial charge is 0.230 e. The molecule has 2 aromatic carbocycles. The summed E-state index contributed by atoms with van der Waals surface area (Å²) in [6.07, 6.45) is 1.59. The van der Waals surface area contributed by atoms with Crippen molar-refractivity contribution in [1.82, 2.24) is 20.1 Å². The van der Waals surface area contributed by atoms with Crippen molar-refractivity contribution in [2.45, 2.75) is 18.1 Å². The Kier molecular flexibility index (Phi) is 6.83. The maximum absolute atomic E-state index is 12.4. The summed E-state index contributed by atoms with van der Waals surface area (Å²) >= 11 is 13.3. The molecular formula is C19H18Cl2N4O2S. The Morgan fingerprint density at radius 3 is 2.79 bits per heavy atom. The average molecular weight is 437 g/mol. The number of methoxy groups -OCH3 is 1. The molecule has 9 heteroatoms. The highest BCUT2D eigenvalue weighted by Crippen LogP contribution is 2.27. The number of hydrogen-bond acceptors (Lipinski definition) is 5. The van der Waals surface area contributed by atoms with Crippen molar-refractivity contribution in [3.63, 3.8) is 0 Å². The van der Waals surface area contributed by atoms with Crippen molar-refractivity contribution in [2.75, 3.05) is 12.9 Å². The first kappa shape index (κ1) is 20.5. The molecule has 0 aliphatic carbocycles. The minimum atomic E-state index is -0.199. The van der Waals surface area contributed by atoms with Crippen LogP contribution in [0, 0.1) is 0 Å². The minimum absolute atomic E-state index is 0.127. The van der Waals surface area contributed by atoms with Gasteiger partial charge in [0, 0.05) is 0 Å². The van der Waals surface area contributed by atoms with Crippen molar-refractivity contribution in [3.8, 4) is 11.4 Å². The van der Waals surface area contributed by atoms with E-state index in [1.807, 2.05) is 37.3 Å². The van der Waals surface area contributed by atoms with Crippen molar-refractivity contribution in [1.29, 1.82) is 0 Å². The maximum atomic E-state index is 12.4. The Morgan fingerprint density at radius 1 is 1.25 bits per heavy atom. The van der Waals surface area contributed by atoms with Crippen LogP contribution in [0.15, 0.2) is 53.9 Å². The quantitative estimate of drug-likeness (QED) is 0.550. The number of ether oxygens (including phenoxy) is 1. The molecule has 3 rings (SSSR count). The van der Waals surface area contributed by atoms with Gasteiger partial charge in [-0.3, -0.25) is 9.36 Å². The molecule has 0 radical (unpaired) electrons. The van der Waals surface area contributed by atoms with Gasteiger partial charge in [-0.1, -0.05) is 53.2 Å². The van der Waals surface area contributed by atoms with Crippen LogP contribution in [-0.4, -0.2) is 33.5 Å². The maximum Gasteiger partial charge on any atom is 0.230 e. The molecule has 146 valence electrons. The van der Waals surface area contributed by atoms with Crippen LogP contribution in [-0.2, 0) is 4.79 Å². The molecule has 6 nitrogen and oxygen atoms in total. The molecule has 1 unspecified atom stereocenters. The van der Waals surface area contributed by atoms with Gasteiger partial charge in [0.15, 0.2) is 5.16 Å². The topological polar surface area (TPSA) is 69.0 Å². The SMILES string of the molecule is COc1ccccc1-n1cnnc1SCC(=O)NC(C)c1ccc(Cl)c(Cl)c1. The summed E-state index contributed by atoms with van der Waals surface area (Å²) in [5.41, 5.74) is 1.69. The van der Waals surface area contributed by atoms with E-state index in [1.54, 1.807) is 30.1 Å². The van der Waals surface area contributed by atoms with Gasteiger partial charge in [-0.2, -0.15) is 0 Å². The molecule has 3 aromatic rings. The predicted octanol–water partition coefficient (Wildman–Crippen LogP) is 4.55. The van der Waals surface area contributed by atoms with Crippen LogP contribution in [0.25, 0.3) is 5.69 Å². The first-order chi connectivity index (χ1) is 13.5. The summed E-state index contributed by atoms with van der Waals surface area (Å²) in [7, 11) is 1.61. The van der Waals surface area contributed by atoms with Gasteiger partial charge in [-0.15, -0.1) is 10.2 Å². The van der Waals surface area contributed by atoms with E-state index in [-0.39, 0.29) is 17.7 Å². The summed E-state index contributed by atoms with van der Waals surface area (Å²) in [6.45, 7) is 1.89. The second kappa shape index (κ2) is 9.32. The molecule has 1 atom stereocenters.